The Morgan fingerprint density at radius 1 is 1.13 bits per heavy atom. The Morgan fingerprint density at radius 3 is 2.47 bits per heavy atom. The molecule has 4 rings (SSSR count). The quantitative estimate of drug-likeness (QED) is 0.370. The van der Waals surface area contributed by atoms with Gasteiger partial charge in [0.05, 0.1) is 17.9 Å². The van der Waals surface area contributed by atoms with Crippen LogP contribution in [0.15, 0.2) is 66.6 Å². The third-order valence-corrected chi connectivity index (χ3v) is 5.48. The first-order valence-corrected chi connectivity index (χ1v) is 9.91. The molecule has 1 atom stereocenters. The van der Waals surface area contributed by atoms with Crippen molar-refractivity contribution in [2.24, 2.45) is 0 Å². The largest absolute Gasteiger partial charge is 0.507 e. The van der Waals surface area contributed by atoms with Crippen LogP contribution in [0, 0.1) is 6.92 Å². The Labute approximate surface area is 178 Å². The number of rotatable bonds is 5. The van der Waals surface area contributed by atoms with Crippen molar-refractivity contribution in [3.8, 4) is 0 Å². The highest BCUT2D eigenvalue weighted by atomic mass is 35.5. The van der Waals surface area contributed by atoms with Gasteiger partial charge in [-0.05, 0) is 24.6 Å². The van der Waals surface area contributed by atoms with E-state index in [0.717, 1.165) is 11.3 Å². The van der Waals surface area contributed by atoms with Gasteiger partial charge in [-0.25, -0.2) is 4.98 Å². The van der Waals surface area contributed by atoms with Crippen molar-refractivity contribution in [1.29, 1.82) is 0 Å². The van der Waals surface area contributed by atoms with Crippen molar-refractivity contribution in [3.05, 3.63) is 94.0 Å². The van der Waals surface area contributed by atoms with E-state index in [4.69, 9.17) is 11.6 Å². The number of H-pyrrole nitrogens is 1. The summed E-state index contributed by atoms with van der Waals surface area (Å²) < 4.78 is 0. The molecule has 0 unspecified atom stereocenters. The zero-order chi connectivity index (χ0) is 21.3. The second-order valence-electron chi connectivity index (χ2n) is 7.24. The lowest BCUT2D eigenvalue weighted by Gasteiger charge is -2.25. The van der Waals surface area contributed by atoms with E-state index < -0.39 is 17.7 Å². The van der Waals surface area contributed by atoms with E-state index in [9.17, 15) is 14.7 Å². The lowest BCUT2D eigenvalue weighted by atomic mass is 9.95. The molecule has 2 aromatic carbocycles. The first-order chi connectivity index (χ1) is 14.5. The summed E-state index contributed by atoms with van der Waals surface area (Å²) >= 11 is 6.03. The van der Waals surface area contributed by atoms with Gasteiger partial charge in [0.2, 0.25) is 0 Å². The number of benzene rings is 2. The van der Waals surface area contributed by atoms with Crippen LogP contribution < -0.4 is 0 Å². The minimum atomic E-state index is -0.702. The number of halogens is 1. The number of imidazole rings is 1. The molecule has 3 aromatic rings. The maximum Gasteiger partial charge on any atom is 0.295 e. The molecule has 0 saturated carbocycles. The predicted octanol–water partition coefficient (Wildman–Crippen LogP) is 4.04. The summed E-state index contributed by atoms with van der Waals surface area (Å²) in [5.74, 6) is -1.52. The van der Waals surface area contributed by atoms with Crippen LogP contribution in [-0.4, -0.2) is 38.2 Å². The molecule has 2 heterocycles. The van der Waals surface area contributed by atoms with E-state index in [1.54, 1.807) is 48.9 Å². The van der Waals surface area contributed by atoms with Gasteiger partial charge in [0.15, 0.2) is 0 Å². The van der Waals surface area contributed by atoms with Crippen LogP contribution in [0.5, 0.6) is 0 Å². The van der Waals surface area contributed by atoms with Gasteiger partial charge < -0.3 is 15.0 Å². The minimum absolute atomic E-state index is 0.0794. The highest BCUT2D eigenvalue weighted by Crippen LogP contribution is 2.39. The van der Waals surface area contributed by atoms with Gasteiger partial charge in [0.1, 0.15) is 5.76 Å². The molecule has 1 saturated heterocycles. The molecule has 152 valence electrons. The van der Waals surface area contributed by atoms with Crippen molar-refractivity contribution >= 4 is 29.1 Å². The van der Waals surface area contributed by atoms with E-state index in [1.165, 1.54) is 4.90 Å². The lowest BCUT2D eigenvalue weighted by molar-refractivity contribution is -0.139. The number of aromatic amines is 1. The number of amides is 1. The van der Waals surface area contributed by atoms with Crippen molar-refractivity contribution in [2.75, 3.05) is 6.54 Å². The molecule has 0 aliphatic carbocycles. The van der Waals surface area contributed by atoms with Gasteiger partial charge in [-0.3, -0.25) is 9.59 Å². The second kappa shape index (κ2) is 8.16. The molecule has 1 aromatic heterocycles. The van der Waals surface area contributed by atoms with Crippen molar-refractivity contribution < 1.29 is 14.7 Å². The average molecular weight is 422 g/mol. The van der Waals surface area contributed by atoms with Gasteiger partial charge in [0, 0.05) is 35.4 Å². The predicted molar refractivity (Wildman–Crippen MR) is 114 cm³/mol. The molecule has 1 fully saturated rings. The smallest absolute Gasteiger partial charge is 0.295 e. The highest BCUT2D eigenvalue weighted by molar-refractivity contribution is 6.46. The first-order valence-electron chi connectivity index (χ1n) is 9.54. The first kappa shape index (κ1) is 19.9. The van der Waals surface area contributed by atoms with Crippen LogP contribution in [0.3, 0.4) is 0 Å². The fraction of sp³-hybridized carbons (Fsp3) is 0.174. The van der Waals surface area contributed by atoms with Gasteiger partial charge >= 0.3 is 0 Å². The average Bonchev–Trinajstić information content (AvgIpc) is 3.34. The number of aliphatic hydroxyl groups excluding tert-OH is 1. The fourth-order valence-electron chi connectivity index (χ4n) is 3.63. The SMILES string of the molecule is Cc1ccc(C(O)=C2C(=O)C(=O)N(CCc3cnc[nH]3)[C@H]2c2ccc(Cl)cc2)cc1. The molecular formula is C23H20ClN3O3. The van der Waals surface area contributed by atoms with E-state index in [1.807, 2.05) is 19.1 Å². The number of hydrogen-bond acceptors (Lipinski definition) is 4. The minimum Gasteiger partial charge on any atom is -0.507 e. The number of carbonyl (C=O) groups is 2. The molecule has 1 amide bonds. The number of Topliss-reactive ketones (excluding diaryl/α,β-unsaturated/α-hetero) is 1. The Bertz CT molecular complexity index is 1100. The summed E-state index contributed by atoms with van der Waals surface area (Å²) in [4.78, 5) is 34.3. The number of aromatic nitrogens is 2. The summed E-state index contributed by atoms with van der Waals surface area (Å²) in [6.45, 7) is 2.23. The molecule has 7 heteroatoms. The van der Waals surface area contributed by atoms with Gasteiger partial charge in [-0.15, -0.1) is 0 Å². The Hall–Kier alpha value is -3.38. The van der Waals surface area contributed by atoms with E-state index in [0.29, 0.717) is 29.1 Å². The number of aliphatic hydroxyl groups is 1. The van der Waals surface area contributed by atoms with Crippen LogP contribution in [0.1, 0.15) is 28.4 Å². The summed E-state index contributed by atoms with van der Waals surface area (Å²) in [7, 11) is 0. The molecule has 0 bridgehead atoms. The molecule has 1 aliphatic heterocycles. The molecule has 6 nitrogen and oxygen atoms in total. The number of nitrogens with zero attached hydrogens (tertiary/aromatic N) is 2. The van der Waals surface area contributed by atoms with E-state index in [-0.39, 0.29) is 11.3 Å². The number of aryl methyl sites for hydroxylation is 1. The summed E-state index contributed by atoms with van der Waals surface area (Å²) in [5, 5.41) is 11.5. The van der Waals surface area contributed by atoms with Gasteiger partial charge in [-0.1, -0.05) is 53.6 Å². The van der Waals surface area contributed by atoms with Crippen LogP contribution >= 0.6 is 11.6 Å². The van der Waals surface area contributed by atoms with Crippen molar-refractivity contribution in [2.45, 2.75) is 19.4 Å². The summed E-state index contributed by atoms with van der Waals surface area (Å²) in [6, 6.07) is 13.4. The van der Waals surface area contributed by atoms with Crippen molar-refractivity contribution in [3.63, 3.8) is 0 Å². The standard InChI is InChI=1S/C23H20ClN3O3/c1-14-2-4-16(5-3-14)21(28)19-20(15-6-8-17(24)9-7-15)27(23(30)22(19)29)11-10-18-12-25-13-26-18/h2-9,12-13,20,28H,10-11H2,1H3,(H,25,26)/t20-/m0/s1. The lowest BCUT2D eigenvalue weighted by Crippen LogP contribution is -2.31. The number of hydrogen-bond donors (Lipinski definition) is 2. The Kier molecular flexibility index (Phi) is 5.42. The zero-order valence-corrected chi connectivity index (χ0v) is 17.1. The van der Waals surface area contributed by atoms with E-state index >= 15 is 0 Å². The third-order valence-electron chi connectivity index (χ3n) is 5.23. The summed E-state index contributed by atoms with van der Waals surface area (Å²) in [6.07, 6.45) is 3.75. The number of carbonyl (C=O) groups excluding carboxylic acids is 2. The monoisotopic (exact) mass is 421 g/mol. The molecule has 0 spiro atoms. The number of ketones is 1. The third kappa shape index (κ3) is 3.74. The van der Waals surface area contributed by atoms with Crippen LogP contribution in [0.4, 0.5) is 0 Å². The highest BCUT2D eigenvalue weighted by Gasteiger charge is 2.45. The number of likely N-dealkylation sites (tertiary alicyclic amines) is 1. The maximum absolute atomic E-state index is 13.0. The molecule has 30 heavy (non-hydrogen) atoms. The topological polar surface area (TPSA) is 86.3 Å². The molecule has 1 aliphatic rings. The van der Waals surface area contributed by atoms with E-state index in [2.05, 4.69) is 9.97 Å². The van der Waals surface area contributed by atoms with Crippen molar-refractivity contribution in [1.82, 2.24) is 14.9 Å². The Balaban J connectivity index is 1.79. The zero-order valence-electron chi connectivity index (χ0n) is 16.3. The van der Waals surface area contributed by atoms with Crippen LogP contribution in [-0.2, 0) is 16.0 Å². The Morgan fingerprint density at radius 2 is 1.83 bits per heavy atom. The molecular weight excluding hydrogens is 402 g/mol. The van der Waals surface area contributed by atoms with Crippen LogP contribution in [0.25, 0.3) is 5.76 Å². The summed E-state index contributed by atoms with van der Waals surface area (Å²) in [5.41, 5.74) is 3.16. The fourth-order valence-corrected chi connectivity index (χ4v) is 3.76. The molecule has 2 N–H and O–H groups in total. The normalized spacial score (nSPS) is 18.2. The maximum atomic E-state index is 13.0. The second-order valence-corrected chi connectivity index (χ2v) is 7.67. The number of nitrogens with one attached hydrogen (secondary N) is 1. The molecule has 0 radical (unpaired) electrons. The van der Waals surface area contributed by atoms with Gasteiger partial charge in [-0.2, -0.15) is 0 Å². The van der Waals surface area contributed by atoms with Gasteiger partial charge in [0.25, 0.3) is 11.7 Å². The van der Waals surface area contributed by atoms with Crippen LogP contribution in [0.2, 0.25) is 5.02 Å².